The lowest BCUT2D eigenvalue weighted by atomic mass is 9.94. The Balaban J connectivity index is 2.78. The van der Waals surface area contributed by atoms with Gasteiger partial charge in [-0.25, -0.2) is 0 Å². The maximum atomic E-state index is 9.23. The lowest BCUT2D eigenvalue weighted by Gasteiger charge is -2.30. The van der Waals surface area contributed by atoms with Gasteiger partial charge in [-0.15, -0.1) is 0 Å². The highest BCUT2D eigenvalue weighted by atomic mass is 16.3. The van der Waals surface area contributed by atoms with Crippen LogP contribution in [0, 0.1) is 12.3 Å². The molecule has 0 aromatic heterocycles. The van der Waals surface area contributed by atoms with Crippen LogP contribution in [0.15, 0.2) is 24.3 Å². The monoisotopic (exact) mass is 207 g/mol. The average Bonchev–Trinajstić information content (AvgIpc) is 2.17. The predicted molar refractivity (Wildman–Crippen MR) is 65.3 cm³/mol. The van der Waals surface area contributed by atoms with Crippen molar-refractivity contribution in [3.05, 3.63) is 29.8 Å². The first-order valence-corrected chi connectivity index (χ1v) is 5.34. The first-order valence-electron chi connectivity index (χ1n) is 5.34. The van der Waals surface area contributed by atoms with Gasteiger partial charge in [-0.3, -0.25) is 0 Å². The number of anilines is 1. The summed E-state index contributed by atoms with van der Waals surface area (Å²) in [6.45, 7) is 7.32. The third-order valence-corrected chi connectivity index (χ3v) is 2.62. The fourth-order valence-corrected chi connectivity index (χ4v) is 1.77. The van der Waals surface area contributed by atoms with Gasteiger partial charge in [-0.2, -0.15) is 0 Å². The zero-order valence-electron chi connectivity index (χ0n) is 10.1. The van der Waals surface area contributed by atoms with Crippen LogP contribution in [0.4, 0.5) is 5.69 Å². The zero-order valence-corrected chi connectivity index (χ0v) is 10.1. The molecule has 2 heteroatoms. The molecule has 1 aromatic carbocycles. The predicted octanol–water partition coefficient (Wildman–Crippen LogP) is 2.45. The van der Waals surface area contributed by atoms with E-state index in [4.69, 9.17) is 0 Å². The van der Waals surface area contributed by atoms with Crippen LogP contribution in [0.5, 0.6) is 0 Å². The Morgan fingerprint density at radius 2 is 1.87 bits per heavy atom. The molecule has 0 bridgehead atoms. The molecule has 0 saturated heterocycles. The van der Waals surface area contributed by atoms with E-state index >= 15 is 0 Å². The Morgan fingerprint density at radius 3 is 2.40 bits per heavy atom. The van der Waals surface area contributed by atoms with Gasteiger partial charge in [0.25, 0.3) is 0 Å². The van der Waals surface area contributed by atoms with Gasteiger partial charge in [0.15, 0.2) is 0 Å². The van der Waals surface area contributed by atoms with E-state index in [0.717, 1.165) is 6.54 Å². The van der Waals surface area contributed by atoms with Gasteiger partial charge in [-0.05, 0) is 18.6 Å². The Hall–Kier alpha value is -1.02. The second-order valence-electron chi connectivity index (χ2n) is 4.96. The molecule has 0 heterocycles. The standard InChI is InChI=1S/C13H21NO/c1-11-7-5-6-8-12(11)14(4)9-13(2,3)10-15/h5-8,15H,9-10H2,1-4H3. The first kappa shape index (κ1) is 12.1. The molecule has 15 heavy (non-hydrogen) atoms. The SMILES string of the molecule is Cc1ccccc1N(C)CC(C)(C)CO. The third-order valence-electron chi connectivity index (χ3n) is 2.62. The van der Waals surface area contributed by atoms with Crippen molar-refractivity contribution in [1.29, 1.82) is 0 Å². The summed E-state index contributed by atoms with van der Waals surface area (Å²) in [5.74, 6) is 0. The van der Waals surface area contributed by atoms with Crippen molar-refractivity contribution in [1.82, 2.24) is 0 Å². The van der Waals surface area contributed by atoms with Crippen molar-refractivity contribution in [3.8, 4) is 0 Å². The molecular formula is C13H21NO. The molecule has 0 spiro atoms. The van der Waals surface area contributed by atoms with Crippen molar-refractivity contribution in [2.75, 3.05) is 25.1 Å². The van der Waals surface area contributed by atoms with Gasteiger partial charge in [-0.1, -0.05) is 32.0 Å². The summed E-state index contributed by atoms with van der Waals surface area (Å²) in [6, 6.07) is 8.31. The number of para-hydroxylation sites is 1. The molecule has 1 rings (SSSR count). The highest BCUT2D eigenvalue weighted by Crippen LogP contribution is 2.22. The highest BCUT2D eigenvalue weighted by molar-refractivity contribution is 5.52. The van der Waals surface area contributed by atoms with E-state index in [0.29, 0.717) is 0 Å². The number of nitrogens with zero attached hydrogens (tertiary/aromatic N) is 1. The van der Waals surface area contributed by atoms with Crippen LogP contribution in [0.2, 0.25) is 0 Å². The van der Waals surface area contributed by atoms with Gasteiger partial charge < -0.3 is 10.0 Å². The minimum absolute atomic E-state index is 0.0585. The fourth-order valence-electron chi connectivity index (χ4n) is 1.77. The zero-order chi connectivity index (χ0) is 11.5. The summed E-state index contributed by atoms with van der Waals surface area (Å²) >= 11 is 0. The minimum atomic E-state index is -0.0585. The molecule has 0 amide bonds. The largest absolute Gasteiger partial charge is 0.396 e. The molecule has 0 aliphatic rings. The molecule has 1 N–H and O–H groups in total. The number of aryl methyl sites for hydroxylation is 1. The summed E-state index contributed by atoms with van der Waals surface area (Å²) in [7, 11) is 2.07. The second kappa shape index (κ2) is 4.67. The van der Waals surface area contributed by atoms with Crippen LogP contribution in [0.1, 0.15) is 19.4 Å². The van der Waals surface area contributed by atoms with Crippen LogP contribution >= 0.6 is 0 Å². The highest BCUT2D eigenvalue weighted by Gasteiger charge is 2.19. The fraction of sp³-hybridized carbons (Fsp3) is 0.538. The maximum Gasteiger partial charge on any atom is 0.0499 e. The Bertz CT molecular complexity index is 320. The van der Waals surface area contributed by atoms with Crippen molar-refractivity contribution in [2.24, 2.45) is 5.41 Å². The van der Waals surface area contributed by atoms with Crippen LogP contribution in [0.25, 0.3) is 0 Å². The molecule has 1 aromatic rings. The summed E-state index contributed by atoms with van der Waals surface area (Å²) < 4.78 is 0. The summed E-state index contributed by atoms with van der Waals surface area (Å²) in [4.78, 5) is 2.20. The van der Waals surface area contributed by atoms with E-state index in [1.54, 1.807) is 0 Å². The van der Waals surface area contributed by atoms with Crippen molar-refractivity contribution in [3.63, 3.8) is 0 Å². The van der Waals surface area contributed by atoms with E-state index < -0.39 is 0 Å². The summed E-state index contributed by atoms with van der Waals surface area (Å²) in [5, 5.41) is 9.23. The summed E-state index contributed by atoms with van der Waals surface area (Å²) in [5.41, 5.74) is 2.45. The molecule has 0 radical (unpaired) electrons. The normalized spacial score (nSPS) is 11.5. The first-order chi connectivity index (χ1) is 6.96. The average molecular weight is 207 g/mol. The van der Waals surface area contributed by atoms with Crippen LogP contribution in [0.3, 0.4) is 0 Å². The minimum Gasteiger partial charge on any atom is -0.396 e. The Labute approximate surface area is 92.5 Å². The number of hydrogen-bond acceptors (Lipinski definition) is 2. The quantitative estimate of drug-likeness (QED) is 0.819. The molecule has 0 saturated carbocycles. The van der Waals surface area contributed by atoms with Crippen LogP contribution in [-0.4, -0.2) is 25.3 Å². The number of rotatable bonds is 4. The van der Waals surface area contributed by atoms with E-state index in [1.165, 1.54) is 11.3 Å². The number of aliphatic hydroxyl groups excluding tert-OH is 1. The maximum absolute atomic E-state index is 9.23. The van der Waals surface area contributed by atoms with E-state index in [1.807, 2.05) is 12.1 Å². The lowest BCUT2D eigenvalue weighted by Crippen LogP contribution is -2.34. The van der Waals surface area contributed by atoms with Gasteiger partial charge in [0.05, 0.1) is 0 Å². The smallest absolute Gasteiger partial charge is 0.0499 e. The molecule has 0 fully saturated rings. The van der Waals surface area contributed by atoms with Crippen LogP contribution < -0.4 is 4.90 Å². The second-order valence-corrected chi connectivity index (χ2v) is 4.96. The van der Waals surface area contributed by atoms with Gasteiger partial charge in [0.2, 0.25) is 0 Å². The molecule has 0 aliphatic carbocycles. The molecule has 84 valence electrons. The van der Waals surface area contributed by atoms with Crippen molar-refractivity contribution < 1.29 is 5.11 Å². The van der Waals surface area contributed by atoms with Gasteiger partial charge in [0.1, 0.15) is 0 Å². The Kier molecular flexibility index (Phi) is 3.75. The van der Waals surface area contributed by atoms with Crippen molar-refractivity contribution >= 4 is 5.69 Å². The van der Waals surface area contributed by atoms with E-state index in [2.05, 4.69) is 44.9 Å². The number of aliphatic hydroxyl groups is 1. The van der Waals surface area contributed by atoms with Gasteiger partial charge >= 0.3 is 0 Å². The van der Waals surface area contributed by atoms with Gasteiger partial charge in [0, 0.05) is 31.3 Å². The topological polar surface area (TPSA) is 23.5 Å². The lowest BCUT2D eigenvalue weighted by molar-refractivity contribution is 0.165. The summed E-state index contributed by atoms with van der Waals surface area (Å²) in [6.07, 6.45) is 0. The van der Waals surface area contributed by atoms with Crippen molar-refractivity contribution in [2.45, 2.75) is 20.8 Å². The Morgan fingerprint density at radius 1 is 1.27 bits per heavy atom. The number of benzene rings is 1. The molecule has 0 aliphatic heterocycles. The third kappa shape index (κ3) is 3.24. The van der Waals surface area contributed by atoms with Crippen LogP contribution in [-0.2, 0) is 0 Å². The van der Waals surface area contributed by atoms with E-state index in [-0.39, 0.29) is 12.0 Å². The molecular weight excluding hydrogens is 186 g/mol. The number of hydrogen-bond donors (Lipinski definition) is 1. The molecule has 2 nitrogen and oxygen atoms in total. The molecule has 0 unspecified atom stereocenters. The van der Waals surface area contributed by atoms with E-state index in [9.17, 15) is 5.11 Å². The molecule has 0 atom stereocenters.